The molecule has 0 spiro atoms. The van der Waals surface area contributed by atoms with Crippen LogP contribution in [0, 0.1) is 0 Å². The van der Waals surface area contributed by atoms with Crippen LogP contribution in [-0.4, -0.2) is 108 Å². The summed E-state index contributed by atoms with van der Waals surface area (Å²) in [7, 11) is 1.41. The minimum Gasteiger partial charge on any atom is -0.507 e. The molecule has 0 unspecified atom stereocenters. The number of amides is 5. The van der Waals surface area contributed by atoms with Crippen molar-refractivity contribution in [3.63, 3.8) is 0 Å². The fraction of sp³-hybridized carbons (Fsp3) is 0.348. The quantitative estimate of drug-likeness (QED) is 0.0760. The number of halogens is 1. The van der Waals surface area contributed by atoms with Crippen molar-refractivity contribution in [3.05, 3.63) is 107 Å². The monoisotopic (exact) mass is 883 g/mol. The van der Waals surface area contributed by atoms with E-state index in [1.807, 2.05) is 12.1 Å². The maximum atomic E-state index is 14.7. The summed E-state index contributed by atoms with van der Waals surface area (Å²) in [6, 6.07) is 17.3. The van der Waals surface area contributed by atoms with Crippen molar-refractivity contribution in [1.82, 2.24) is 26.2 Å². The molecule has 5 atom stereocenters. The standard InChI is InChI=1S/C46H54ClN7O9/c1-26(39(57)25-55)50-44(60)37-23-28-7-17-38(56)34(22-28)35-24-32(14-18-40(35)63-21-20-49)41(45(61)51-27(2)42(58)53-37)54(3)46(62)36(6-4-5-19-48)52-43(59)31-10-8-29(9-11-31)30-12-15-33(47)16-13-30/h7-18,22,24,26-27,36-37,41,55-56H,4-6,19-21,23,25,48-49H2,1-3H3,(H,50,60)(H,51,61)(H,52,59)(H,53,58)/t26-,27-,36-,37-,41-/m0/s1. The van der Waals surface area contributed by atoms with E-state index in [0.29, 0.717) is 41.1 Å². The number of Topliss-reactive ketones (excluding diaryl/α,β-unsaturated/α-hetero) is 1. The van der Waals surface area contributed by atoms with Crippen LogP contribution in [0.2, 0.25) is 5.02 Å². The summed E-state index contributed by atoms with van der Waals surface area (Å²) in [4.78, 5) is 83.6. The van der Waals surface area contributed by atoms with Gasteiger partial charge in [-0.25, -0.2) is 0 Å². The van der Waals surface area contributed by atoms with E-state index in [0.717, 1.165) is 11.1 Å². The Morgan fingerprint density at radius 2 is 1.56 bits per heavy atom. The van der Waals surface area contributed by atoms with Gasteiger partial charge < -0.3 is 52.6 Å². The summed E-state index contributed by atoms with van der Waals surface area (Å²) in [5, 5.41) is 31.9. The Balaban J connectivity index is 1.54. The molecule has 0 radical (unpaired) electrons. The van der Waals surface area contributed by atoms with Gasteiger partial charge in [0.05, 0.1) is 6.04 Å². The van der Waals surface area contributed by atoms with Gasteiger partial charge in [0.25, 0.3) is 5.91 Å². The number of nitrogens with zero attached hydrogens (tertiary/aromatic N) is 1. The molecular weight excluding hydrogens is 830 g/mol. The molecular formula is C46H54ClN7O9. The van der Waals surface area contributed by atoms with E-state index in [2.05, 4.69) is 21.3 Å². The van der Waals surface area contributed by atoms with Crippen molar-refractivity contribution in [2.45, 2.75) is 69.7 Å². The number of carbonyl (C=O) groups is 6. The molecule has 4 bridgehead atoms. The molecule has 334 valence electrons. The molecule has 1 aliphatic rings. The first kappa shape index (κ1) is 47.7. The number of ketones is 1. The molecule has 16 nitrogen and oxygen atoms in total. The highest BCUT2D eigenvalue weighted by Crippen LogP contribution is 2.39. The molecule has 0 aromatic heterocycles. The van der Waals surface area contributed by atoms with Gasteiger partial charge in [-0.15, -0.1) is 0 Å². The number of carbonyl (C=O) groups excluding carboxylic acids is 6. The molecule has 0 aliphatic carbocycles. The van der Waals surface area contributed by atoms with Gasteiger partial charge in [0.1, 0.15) is 48.9 Å². The van der Waals surface area contributed by atoms with Gasteiger partial charge >= 0.3 is 0 Å². The summed E-state index contributed by atoms with van der Waals surface area (Å²) in [6.07, 6.45) is 1.11. The molecule has 10 N–H and O–H groups in total. The van der Waals surface area contributed by atoms with Gasteiger partial charge in [-0.3, -0.25) is 28.8 Å². The van der Waals surface area contributed by atoms with Crippen molar-refractivity contribution >= 4 is 46.9 Å². The fourth-order valence-electron chi connectivity index (χ4n) is 7.15. The molecule has 1 aliphatic heterocycles. The number of aliphatic hydroxyl groups excluding tert-OH is 1. The zero-order valence-electron chi connectivity index (χ0n) is 35.4. The maximum Gasteiger partial charge on any atom is 0.251 e. The molecule has 4 aromatic carbocycles. The van der Waals surface area contributed by atoms with Crippen LogP contribution in [-0.2, 0) is 30.4 Å². The molecule has 1 heterocycles. The normalized spacial score (nSPS) is 17.2. The number of unbranched alkanes of at least 4 members (excludes halogenated alkanes) is 1. The van der Waals surface area contributed by atoms with Crippen molar-refractivity contribution in [3.8, 4) is 33.8 Å². The number of aliphatic hydroxyl groups is 1. The van der Waals surface area contributed by atoms with Crippen LogP contribution in [0.3, 0.4) is 0 Å². The largest absolute Gasteiger partial charge is 0.507 e. The van der Waals surface area contributed by atoms with Crippen LogP contribution in [0.15, 0.2) is 84.9 Å². The summed E-state index contributed by atoms with van der Waals surface area (Å²) < 4.78 is 5.99. The minimum atomic E-state index is -1.42. The van der Waals surface area contributed by atoms with Gasteiger partial charge in [0, 0.05) is 41.7 Å². The minimum absolute atomic E-state index is 0.0969. The molecule has 5 amide bonds. The second-order valence-electron chi connectivity index (χ2n) is 15.3. The number of benzene rings is 4. The van der Waals surface area contributed by atoms with Crippen molar-refractivity contribution in [2.24, 2.45) is 11.5 Å². The van der Waals surface area contributed by atoms with Crippen LogP contribution in [0.25, 0.3) is 22.3 Å². The van der Waals surface area contributed by atoms with E-state index >= 15 is 0 Å². The Kier molecular flexibility index (Phi) is 16.8. The number of nitrogens with two attached hydrogens (primary N) is 2. The van der Waals surface area contributed by atoms with Crippen molar-refractivity contribution in [2.75, 3.05) is 33.4 Å². The molecule has 5 rings (SSSR count). The Hall–Kier alpha value is -6.33. The lowest BCUT2D eigenvalue weighted by Gasteiger charge is -2.32. The van der Waals surface area contributed by atoms with Gasteiger partial charge in [-0.1, -0.05) is 48.0 Å². The molecule has 0 saturated carbocycles. The second kappa shape index (κ2) is 22.2. The van der Waals surface area contributed by atoms with Crippen molar-refractivity contribution < 1.29 is 43.7 Å². The average molecular weight is 884 g/mol. The molecule has 17 heteroatoms. The van der Waals surface area contributed by atoms with Crippen molar-refractivity contribution in [1.29, 1.82) is 0 Å². The number of phenols is 1. The second-order valence-corrected chi connectivity index (χ2v) is 15.8. The van der Waals surface area contributed by atoms with Gasteiger partial charge in [0.15, 0.2) is 5.78 Å². The topological polar surface area (TPSA) is 256 Å². The van der Waals surface area contributed by atoms with E-state index < -0.39 is 72.1 Å². The number of ether oxygens (including phenoxy) is 1. The summed E-state index contributed by atoms with van der Waals surface area (Å²) >= 11 is 6.05. The van der Waals surface area contributed by atoms with E-state index in [1.165, 1.54) is 31.9 Å². The third kappa shape index (κ3) is 12.2. The zero-order chi connectivity index (χ0) is 45.8. The van der Waals surface area contributed by atoms with Crippen LogP contribution in [0.5, 0.6) is 11.5 Å². The first-order valence-electron chi connectivity index (χ1n) is 20.6. The predicted octanol–water partition coefficient (Wildman–Crippen LogP) is 2.76. The molecule has 4 aromatic rings. The van der Waals surface area contributed by atoms with E-state index in [4.69, 9.17) is 27.8 Å². The first-order valence-corrected chi connectivity index (χ1v) is 21.0. The number of aromatic hydroxyl groups is 1. The van der Waals surface area contributed by atoms with Crippen LogP contribution < -0.4 is 37.5 Å². The lowest BCUT2D eigenvalue weighted by molar-refractivity contribution is -0.141. The summed E-state index contributed by atoms with van der Waals surface area (Å²) in [5.41, 5.74) is 14.9. The van der Waals surface area contributed by atoms with Crippen LogP contribution >= 0.6 is 11.6 Å². The number of likely N-dealkylation sites (N-methyl/N-ethyl adjacent to an activating group) is 1. The Bertz CT molecular complexity index is 2290. The molecule has 0 saturated heterocycles. The van der Waals surface area contributed by atoms with Gasteiger partial charge in [-0.2, -0.15) is 0 Å². The van der Waals surface area contributed by atoms with Crippen LogP contribution in [0.4, 0.5) is 0 Å². The summed E-state index contributed by atoms with van der Waals surface area (Å²) in [6.45, 7) is 2.59. The van der Waals surface area contributed by atoms with E-state index in [9.17, 15) is 39.0 Å². The van der Waals surface area contributed by atoms with E-state index in [-0.39, 0.29) is 48.6 Å². The highest BCUT2D eigenvalue weighted by Gasteiger charge is 2.36. The van der Waals surface area contributed by atoms with Gasteiger partial charge in [0.2, 0.25) is 23.6 Å². The predicted molar refractivity (Wildman–Crippen MR) is 238 cm³/mol. The number of phenolic OH excluding ortho intramolecular Hbond substituents is 1. The lowest BCUT2D eigenvalue weighted by atomic mass is 9.93. The Morgan fingerprint density at radius 3 is 2.21 bits per heavy atom. The third-order valence-electron chi connectivity index (χ3n) is 10.7. The smallest absolute Gasteiger partial charge is 0.251 e. The highest BCUT2D eigenvalue weighted by molar-refractivity contribution is 6.30. The third-order valence-corrected chi connectivity index (χ3v) is 11.0. The Morgan fingerprint density at radius 1 is 0.873 bits per heavy atom. The Labute approximate surface area is 370 Å². The highest BCUT2D eigenvalue weighted by atomic mass is 35.5. The number of hydrogen-bond donors (Lipinski definition) is 8. The number of hydrogen-bond acceptors (Lipinski definition) is 11. The first-order chi connectivity index (χ1) is 30.1. The summed E-state index contributed by atoms with van der Waals surface area (Å²) in [5.74, 6) is -3.96. The number of nitrogens with one attached hydrogen (secondary N) is 4. The van der Waals surface area contributed by atoms with E-state index in [1.54, 1.807) is 66.7 Å². The maximum absolute atomic E-state index is 14.7. The van der Waals surface area contributed by atoms with Crippen LogP contribution in [0.1, 0.15) is 60.6 Å². The number of fused-ring (bicyclic) bond motifs is 5. The molecule has 63 heavy (non-hydrogen) atoms. The zero-order valence-corrected chi connectivity index (χ0v) is 36.1. The SMILES string of the molecule is C[C@H](NC(=O)[C@@H]1Cc2ccc(O)c(c2)-c2cc(ccc2OCCN)[C@H](N(C)C(=O)[C@H](CCCCN)NC(=O)c2ccc(-c3ccc(Cl)cc3)cc2)C(=O)N[C@@H](C)C(=O)N1)C(=O)CO. The molecule has 0 fully saturated rings. The number of rotatable bonds is 16. The lowest BCUT2D eigenvalue weighted by Crippen LogP contribution is -2.57. The van der Waals surface area contributed by atoms with Gasteiger partial charge in [-0.05, 0) is 110 Å². The fourth-order valence-corrected chi connectivity index (χ4v) is 7.28. The average Bonchev–Trinajstić information content (AvgIpc) is 3.27.